The Morgan fingerprint density at radius 2 is 2.31 bits per heavy atom. The third-order valence-corrected chi connectivity index (χ3v) is 3.00. The van der Waals surface area contributed by atoms with E-state index in [1.807, 2.05) is 18.2 Å². The molecule has 0 fully saturated rings. The van der Waals surface area contributed by atoms with Gasteiger partial charge in [-0.15, -0.1) is 11.3 Å². The average molecular weight is 254 g/mol. The molecule has 2 aromatic heterocycles. The maximum atomic E-state index is 6.00. The Hall–Kier alpha value is -1.10. The van der Waals surface area contributed by atoms with Crippen molar-refractivity contribution in [2.24, 2.45) is 5.73 Å². The van der Waals surface area contributed by atoms with Crippen LogP contribution in [-0.2, 0) is 0 Å². The first-order chi connectivity index (χ1) is 7.81. The second-order valence-corrected chi connectivity index (χ2v) is 4.28. The normalized spacial score (nSPS) is 10.4. The Morgan fingerprint density at radius 3 is 2.94 bits per heavy atom. The molecule has 5 heteroatoms. The van der Waals surface area contributed by atoms with E-state index in [0.717, 1.165) is 10.6 Å². The molecule has 1 radical (unpaired) electrons. The predicted molar refractivity (Wildman–Crippen MR) is 65.9 cm³/mol. The lowest BCUT2D eigenvalue weighted by Crippen LogP contribution is -2.10. The molecule has 0 amide bonds. The zero-order valence-corrected chi connectivity index (χ0v) is 10.0. The molecule has 0 aliphatic carbocycles. The van der Waals surface area contributed by atoms with Gasteiger partial charge in [0.2, 0.25) is 0 Å². The van der Waals surface area contributed by atoms with E-state index in [-0.39, 0.29) is 0 Å². The Bertz CT molecular complexity index is 459. The van der Waals surface area contributed by atoms with Gasteiger partial charge in [-0.3, -0.25) is 0 Å². The van der Waals surface area contributed by atoms with Crippen molar-refractivity contribution in [3.05, 3.63) is 34.8 Å². The molecule has 0 saturated carbocycles. The minimum absolute atomic E-state index is 0.361. The summed E-state index contributed by atoms with van der Waals surface area (Å²) >= 11 is 7.50. The van der Waals surface area contributed by atoms with Crippen molar-refractivity contribution >= 4 is 22.9 Å². The van der Waals surface area contributed by atoms with Gasteiger partial charge < -0.3 is 10.5 Å². The number of halogens is 1. The maximum absolute atomic E-state index is 6.00. The standard InChI is InChI=1S/C11H10ClN2OS/c12-11-9(15-6-5-13)4-3-8(14-11)10-2-1-7-16-10/h1-4H,5-6,13H2. The maximum Gasteiger partial charge on any atom is 0.171 e. The summed E-state index contributed by atoms with van der Waals surface area (Å²) in [7, 11) is 0. The van der Waals surface area contributed by atoms with E-state index in [1.54, 1.807) is 6.07 Å². The van der Waals surface area contributed by atoms with Gasteiger partial charge in [-0.1, -0.05) is 11.6 Å². The summed E-state index contributed by atoms with van der Waals surface area (Å²) in [5.41, 5.74) is 6.17. The largest absolute Gasteiger partial charge is 0.489 e. The number of rotatable bonds is 4. The number of ether oxygens (including phenoxy) is 1. The van der Waals surface area contributed by atoms with Gasteiger partial charge in [0.25, 0.3) is 0 Å². The van der Waals surface area contributed by atoms with E-state index >= 15 is 0 Å². The molecule has 2 N–H and O–H groups in total. The van der Waals surface area contributed by atoms with E-state index < -0.39 is 0 Å². The van der Waals surface area contributed by atoms with Gasteiger partial charge in [-0.05, 0) is 24.3 Å². The van der Waals surface area contributed by atoms with Gasteiger partial charge in [-0.2, -0.15) is 0 Å². The van der Waals surface area contributed by atoms with E-state index in [0.29, 0.717) is 24.1 Å². The highest BCUT2D eigenvalue weighted by molar-refractivity contribution is 7.13. The highest BCUT2D eigenvalue weighted by atomic mass is 35.5. The zero-order valence-electron chi connectivity index (χ0n) is 8.44. The predicted octanol–water partition coefficient (Wildman–Crippen LogP) is 2.60. The summed E-state index contributed by atoms with van der Waals surface area (Å²) in [6, 6.07) is 7.48. The molecular formula is C11H10ClN2OS. The van der Waals surface area contributed by atoms with Crippen LogP contribution in [0.1, 0.15) is 0 Å². The smallest absolute Gasteiger partial charge is 0.171 e. The van der Waals surface area contributed by atoms with Gasteiger partial charge in [0.1, 0.15) is 6.61 Å². The molecule has 0 atom stereocenters. The average Bonchev–Trinajstić information content (AvgIpc) is 2.81. The minimum atomic E-state index is 0.361. The van der Waals surface area contributed by atoms with Crippen LogP contribution in [0.3, 0.4) is 0 Å². The Kier molecular flexibility index (Phi) is 3.77. The molecule has 0 unspecified atom stereocenters. The molecular weight excluding hydrogens is 244 g/mol. The fraction of sp³-hybridized carbons (Fsp3) is 0.182. The molecule has 83 valence electrons. The number of aromatic nitrogens is 1. The Balaban J connectivity index is 2.23. The van der Waals surface area contributed by atoms with Gasteiger partial charge >= 0.3 is 0 Å². The quantitative estimate of drug-likeness (QED) is 0.852. The van der Waals surface area contributed by atoms with Crippen molar-refractivity contribution < 1.29 is 4.74 Å². The Labute approximate surface area is 103 Å². The second-order valence-electron chi connectivity index (χ2n) is 3.04. The van der Waals surface area contributed by atoms with Crippen LogP contribution in [0.2, 0.25) is 5.15 Å². The fourth-order valence-electron chi connectivity index (χ4n) is 1.21. The third-order valence-electron chi connectivity index (χ3n) is 1.91. The molecule has 0 aliphatic rings. The van der Waals surface area contributed by atoms with Crippen molar-refractivity contribution in [1.29, 1.82) is 0 Å². The van der Waals surface area contributed by atoms with Crippen molar-refractivity contribution in [2.45, 2.75) is 0 Å². The highest BCUT2D eigenvalue weighted by Gasteiger charge is 2.06. The van der Waals surface area contributed by atoms with Crippen LogP contribution in [-0.4, -0.2) is 18.1 Å². The number of nitrogens with two attached hydrogens (primary N) is 1. The summed E-state index contributed by atoms with van der Waals surface area (Å²) < 4.78 is 5.33. The highest BCUT2D eigenvalue weighted by Crippen LogP contribution is 2.28. The monoisotopic (exact) mass is 253 g/mol. The molecule has 0 saturated heterocycles. The summed E-state index contributed by atoms with van der Waals surface area (Å²) in [6.07, 6.45) is 0. The lowest BCUT2D eigenvalue weighted by atomic mass is 10.3. The van der Waals surface area contributed by atoms with E-state index in [2.05, 4.69) is 10.4 Å². The summed E-state index contributed by atoms with van der Waals surface area (Å²) in [5, 5.41) is 3.37. The van der Waals surface area contributed by atoms with Crippen LogP contribution in [0.15, 0.2) is 24.3 Å². The first-order valence-electron chi connectivity index (χ1n) is 4.77. The molecule has 0 bridgehead atoms. The fourth-order valence-corrected chi connectivity index (χ4v) is 2.04. The van der Waals surface area contributed by atoms with Crippen LogP contribution in [0.5, 0.6) is 5.75 Å². The Morgan fingerprint density at radius 1 is 1.44 bits per heavy atom. The molecule has 0 aromatic carbocycles. The van der Waals surface area contributed by atoms with Gasteiger partial charge in [0, 0.05) is 11.9 Å². The zero-order chi connectivity index (χ0) is 11.4. The number of pyridine rings is 1. The van der Waals surface area contributed by atoms with Crippen LogP contribution >= 0.6 is 22.9 Å². The molecule has 0 aliphatic heterocycles. The first-order valence-corrected chi connectivity index (χ1v) is 5.96. The van der Waals surface area contributed by atoms with Crippen LogP contribution in [0, 0.1) is 5.38 Å². The van der Waals surface area contributed by atoms with Gasteiger partial charge in [0.15, 0.2) is 10.9 Å². The molecule has 2 rings (SSSR count). The van der Waals surface area contributed by atoms with Crippen molar-refractivity contribution in [2.75, 3.05) is 13.2 Å². The van der Waals surface area contributed by atoms with Crippen LogP contribution in [0.4, 0.5) is 0 Å². The summed E-state index contributed by atoms with van der Waals surface area (Å²) in [5.74, 6) is 0.566. The van der Waals surface area contributed by atoms with Crippen LogP contribution in [0.25, 0.3) is 10.6 Å². The molecule has 2 heterocycles. The van der Waals surface area contributed by atoms with Crippen LogP contribution < -0.4 is 10.5 Å². The molecule has 2 aromatic rings. The number of hydrogen-bond acceptors (Lipinski definition) is 4. The molecule has 0 spiro atoms. The van der Waals surface area contributed by atoms with E-state index in [4.69, 9.17) is 22.1 Å². The van der Waals surface area contributed by atoms with Crippen molar-refractivity contribution in [1.82, 2.24) is 4.98 Å². The van der Waals surface area contributed by atoms with Gasteiger partial charge in [-0.25, -0.2) is 4.98 Å². The minimum Gasteiger partial charge on any atom is -0.489 e. The SMILES string of the molecule is NCCOc1ccc(-c2cc[c]s2)nc1Cl. The lowest BCUT2D eigenvalue weighted by molar-refractivity contribution is 0.327. The third kappa shape index (κ3) is 2.52. The molecule has 16 heavy (non-hydrogen) atoms. The second kappa shape index (κ2) is 5.30. The van der Waals surface area contributed by atoms with Crippen molar-refractivity contribution in [3.63, 3.8) is 0 Å². The summed E-state index contributed by atoms with van der Waals surface area (Å²) in [4.78, 5) is 5.29. The van der Waals surface area contributed by atoms with Crippen molar-refractivity contribution in [3.8, 4) is 16.3 Å². The number of thiophene rings is 1. The van der Waals surface area contributed by atoms with E-state index in [1.165, 1.54) is 11.3 Å². The topological polar surface area (TPSA) is 48.1 Å². The first kappa shape index (κ1) is 11.4. The van der Waals surface area contributed by atoms with E-state index in [9.17, 15) is 0 Å². The lowest BCUT2D eigenvalue weighted by Gasteiger charge is -2.06. The van der Waals surface area contributed by atoms with Gasteiger partial charge in [0.05, 0.1) is 10.6 Å². The molecule has 3 nitrogen and oxygen atoms in total. The number of nitrogens with zero attached hydrogens (tertiary/aromatic N) is 1. The number of hydrogen-bond donors (Lipinski definition) is 1. The summed E-state index contributed by atoms with van der Waals surface area (Å²) in [6.45, 7) is 0.894.